The minimum atomic E-state index is 0.0672. The van der Waals surface area contributed by atoms with E-state index in [1.54, 1.807) is 11.3 Å². The molecule has 2 N–H and O–H groups in total. The van der Waals surface area contributed by atoms with Crippen LogP contribution in [-0.4, -0.2) is 6.04 Å². The zero-order chi connectivity index (χ0) is 14.6. The third kappa shape index (κ3) is 3.16. The Hall–Kier alpha value is -0.640. The number of halogens is 1. The zero-order valence-corrected chi connectivity index (χ0v) is 14.5. The number of nitrogens with two attached hydrogens (primary N) is 1. The summed E-state index contributed by atoms with van der Waals surface area (Å²) in [6.07, 6.45) is 3.08. The molecule has 1 heterocycles. The van der Waals surface area contributed by atoms with Crippen LogP contribution in [-0.2, 0) is 11.8 Å². The van der Waals surface area contributed by atoms with Crippen molar-refractivity contribution in [2.24, 2.45) is 5.73 Å². The van der Waals surface area contributed by atoms with Crippen LogP contribution in [0.1, 0.15) is 37.1 Å². The van der Waals surface area contributed by atoms with Gasteiger partial charge in [0.05, 0.1) is 3.79 Å². The van der Waals surface area contributed by atoms with Gasteiger partial charge in [-0.3, -0.25) is 0 Å². The van der Waals surface area contributed by atoms with Crippen molar-refractivity contribution in [3.05, 3.63) is 56.7 Å². The summed E-state index contributed by atoms with van der Waals surface area (Å²) < 4.78 is 1.18. The average Bonchev–Trinajstić information content (AvgIpc) is 2.87. The van der Waals surface area contributed by atoms with Gasteiger partial charge in [0.2, 0.25) is 0 Å². The molecule has 1 unspecified atom stereocenters. The lowest BCUT2D eigenvalue weighted by molar-refractivity contribution is 0.316. The van der Waals surface area contributed by atoms with Gasteiger partial charge >= 0.3 is 0 Å². The van der Waals surface area contributed by atoms with Crippen molar-refractivity contribution >= 4 is 27.3 Å². The minimum Gasteiger partial charge on any atom is -0.327 e. The van der Waals surface area contributed by atoms with Crippen LogP contribution in [0.2, 0.25) is 0 Å². The first-order chi connectivity index (χ1) is 9.62. The van der Waals surface area contributed by atoms with Crippen LogP contribution in [0, 0.1) is 0 Å². The first kappa shape index (κ1) is 15.7. The fourth-order valence-corrected chi connectivity index (χ4v) is 4.58. The molecule has 2 aromatic rings. The monoisotopic (exact) mass is 351 g/mol. The van der Waals surface area contributed by atoms with E-state index in [-0.39, 0.29) is 11.5 Å². The molecule has 0 spiro atoms. The van der Waals surface area contributed by atoms with E-state index in [9.17, 15) is 0 Å². The third-order valence-electron chi connectivity index (χ3n) is 4.37. The van der Waals surface area contributed by atoms with Crippen LogP contribution in [0.5, 0.6) is 0 Å². The van der Waals surface area contributed by atoms with E-state index in [1.165, 1.54) is 14.2 Å². The minimum absolute atomic E-state index is 0.0672. The van der Waals surface area contributed by atoms with E-state index in [4.69, 9.17) is 5.73 Å². The average molecular weight is 352 g/mol. The Labute approximate surface area is 134 Å². The van der Waals surface area contributed by atoms with Crippen molar-refractivity contribution in [2.45, 2.75) is 44.6 Å². The summed E-state index contributed by atoms with van der Waals surface area (Å²) in [4.78, 5) is 1.35. The fourth-order valence-electron chi connectivity index (χ4n) is 3.04. The maximum Gasteiger partial charge on any atom is 0.0701 e. The van der Waals surface area contributed by atoms with Gasteiger partial charge in [0, 0.05) is 16.3 Å². The van der Waals surface area contributed by atoms with Crippen LogP contribution in [0.3, 0.4) is 0 Å². The first-order valence-corrected chi connectivity index (χ1v) is 8.78. The Bertz CT molecular complexity index is 531. The number of benzene rings is 1. The zero-order valence-electron chi connectivity index (χ0n) is 12.1. The second-order valence-corrected chi connectivity index (χ2v) is 7.79. The smallest absolute Gasteiger partial charge is 0.0701 e. The number of hydrogen-bond acceptors (Lipinski definition) is 2. The molecular formula is C17H22BrNS. The molecule has 108 valence electrons. The third-order valence-corrected chi connectivity index (χ3v) is 6.02. The molecule has 0 radical (unpaired) electrons. The summed E-state index contributed by atoms with van der Waals surface area (Å²) >= 11 is 5.31. The van der Waals surface area contributed by atoms with Gasteiger partial charge in [-0.2, -0.15) is 0 Å². The van der Waals surface area contributed by atoms with Crippen LogP contribution < -0.4 is 5.73 Å². The highest BCUT2D eigenvalue weighted by Gasteiger charge is 2.35. The summed E-state index contributed by atoms with van der Waals surface area (Å²) in [6.45, 7) is 4.50. The van der Waals surface area contributed by atoms with E-state index in [0.717, 1.165) is 19.3 Å². The van der Waals surface area contributed by atoms with Crippen molar-refractivity contribution < 1.29 is 0 Å². The molecule has 0 saturated carbocycles. The van der Waals surface area contributed by atoms with Gasteiger partial charge in [-0.15, -0.1) is 11.3 Å². The van der Waals surface area contributed by atoms with Gasteiger partial charge in [0.15, 0.2) is 0 Å². The van der Waals surface area contributed by atoms with Crippen LogP contribution in [0.25, 0.3) is 0 Å². The fraction of sp³-hybridized carbons (Fsp3) is 0.412. The Kier molecular flexibility index (Phi) is 5.42. The molecule has 1 nitrogen and oxygen atoms in total. The molecule has 0 amide bonds. The number of hydrogen-bond donors (Lipinski definition) is 1. The summed E-state index contributed by atoms with van der Waals surface area (Å²) in [6, 6.07) is 15.2. The molecule has 1 aromatic heterocycles. The topological polar surface area (TPSA) is 26.0 Å². The summed E-state index contributed by atoms with van der Waals surface area (Å²) in [5.41, 5.74) is 8.07. The van der Waals surface area contributed by atoms with Gasteiger partial charge in [0.25, 0.3) is 0 Å². The second-order valence-electron chi connectivity index (χ2n) is 5.25. The molecule has 1 atom stereocenters. The molecule has 0 aliphatic carbocycles. The lowest BCUT2D eigenvalue weighted by Gasteiger charge is -2.38. The molecule has 0 fully saturated rings. The van der Waals surface area contributed by atoms with E-state index >= 15 is 0 Å². The van der Waals surface area contributed by atoms with Gasteiger partial charge in [-0.05, 0) is 52.9 Å². The summed E-state index contributed by atoms with van der Waals surface area (Å²) in [7, 11) is 0. The van der Waals surface area contributed by atoms with Gasteiger partial charge in [-0.1, -0.05) is 44.2 Å². The predicted octanol–water partition coefficient (Wildman–Crippen LogP) is 5.14. The highest BCUT2D eigenvalue weighted by Crippen LogP contribution is 2.36. The SMILES string of the molecule is CCC(CC)(c1ccccc1)C(N)Cc1ccc(Br)s1. The quantitative estimate of drug-likeness (QED) is 0.765. The molecule has 3 heteroatoms. The highest BCUT2D eigenvalue weighted by molar-refractivity contribution is 9.11. The predicted molar refractivity (Wildman–Crippen MR) is 92.4 cm³/mol. The van der Waals surface area contributed by atoms with E-state index in [1.807, 2.05) is 0 Å². The maximum absolute atomic E-state index is 6.64. The van der Waals surface area contributed by atoms with Crippen LogP contribution in [0.15, 0.2) is 46.3 Å². The normalized spacial score (nSPS) is 13.4. The molecule has 0 bridgehead atoms. The largest absolute Gasteiger partial charge is 0.327 e. The van der Waals surface area contributed by atoms with E-state index in [2.05, 4.69) is 72.2 Å². The molecule has 0 aliphatic rings. The van der Waals surface area contributed by atoms with Gasteiger partial charge < -0.3 is 5.73 Å². The number of rotatable bonds is 6. The van der Waals surface area contributed by atoms with Gasteiger partial charge in [-0.25, -0.2) is 0 Å². The van der Waals surface area contributed by atoms with Crippen molar-refractivity contribution in [2.75, 3.05) is 0 Å². The Balaban J connectivity index is 2.28. The van der Waals surface area contributed by atoms with Crippen LogP contribution >= 0.6 is 27.3 Å². The highest BCUT2D eigenvalue weighted by atomic mass is 79.9. The summed E-state index contributed by atoms with van der Waals surface area (Å²) in [5, 5.41) is 0. The number of thiophene rings is 1. The van der Waals surface area contributed by atoms with Crippen LogP contribution in [0.4, 0.5) is 0 Å². The standard InChI is InChI=1S/C17H22BrNS/c1-3-17(4-2,13-8-6-5-7-9-13)15(19)12-14-10-11-16(18)20-14/h5-11,15H,3-4,12,19H2,1-2H3. The lowest BCUT2D eigenvalue weighted by Crippen LogP contribution is -2.46. The summed E-state index contributed by atoms with van der Waals surface area (Å²) in [5.74, 6) is 0. The lowest BCUT2D eigenvalue weighted by atomic mass is 9.69. The second kappa shape index (κ2) is 6.88. The molecule has 20 heavy (non-hydrogen) atoms. The molecule has 0 saturated heterocycles. The Morgan fingerprint density at radius 3 is 2.25 bits per heavy atom. The maximum atomic E-state index is 6.64. The van der Waals surface area contributed by atoms with Crippen molar-refractivity contribution in [3.8, 4) is 0 Å². The van der Waals surface area contributed by atoms with Crippen molar-refractivity contribution in [1.29, 1.82) is 0 Å². The van der Waals surface area contributed by atoms with Crippen molar-refractivity contribution in [3.63, 3.8) is 0 Å². The molecular weight excluding hydrogens is 330 g/mol. The first-order valence-electron chi connectivity index (χ1n) is 7.17. The molecule has 0 aliphatic heterocycles. The van der Waals surface area contributed by atoms with E-state index in [0.29, 0.717) is 0 Å². The van der Waals surface area contributed by atoms with Crippen molar-refractivity contribution in [1.82, 2.24) is 0 Å². The Morgan fingerprint density at radius 1 is 1.10 bits per heavy atom. The Morgan fingerprint density at radius 2 is 1.75 bits per heavy atom. The van der Waals surface area contributed by atoms with E-state index < -0.39 is 0 Å². The molecule has 2 rings (SSSR count). The molecule has 1 aromatic carbocycles. The van der Waals surface area contributed by atoms with Gasteiger partial charge in [0.1, 0.15) is 0 Å².